The summed E-state index contributed by atoms with van der Waals surface area (Å²) < 4.78 is 5.29. The molecule has 2 aromatic rings. The molecule has 1 aliphatic rings. The third kappa shape index (κ3) is 3.59. The van der Waals surface area contributed by atoms with Gasteiger partial charge in [-0.3, -0.25) is 4.79 Å². The van der Waals surface area contributed by atoms with E-state index in [2.05, 4.69) is 15.3 Å². The van der Waals surface area contributed by atoms with Crippen molar-refractivity contribution in [1.29, 1.82) is 0 Å². The second kappa shape index (κ2) is 7.09. The molecule has 3 rings (SSSR count). The number of methoxy groups -OCH3 is 1. The average Bonchev–Trinajstić information content (AvgIpc) is 2.63. The molecule has 2 heterocycles. The number of likely N-dealkylation sites (tertiary alicyclic amines) is 1. The first-order valence-electron chi connectivity index (χ1n) is 7.79. The lowest BCUT2D eigenvalue weighted by Crippen LogP contribution is -2.36. The van der Waals surface area contributed by atoms with Crippen LogP contribution in [0.5, 0.6) is 5.75 Å². The third-order valence-electron chi connectivity index (χ3n) is 3.88. The van der Waals surface area contributed by atoms with Gasteiger partial charge in [-0.15, -0.1) is 0 Å². The third-order valence-corrected chi connectivity index (χ3v) is 3.88. The van der Waals surface area contributed by atoms with Crippen LogP contribution in [0.25, 0.3) is 0 Å². The van der Waals surface area contributed by atoms with Gasteiger partial charge >= 0.3 is 0 Å². The van der Waals surface area contributed by atoms with E-state index in [4.69, 9.17) is 4.74 Å². The molecule has 0 atom stereocenters. The van der Waals surface area contributed by atoms with Gasteiger partial charge in [-0.2, -0.15) is 0 Å². The number of hydrogen-bond donors (Lipinski definition) is 1. The summed E-state index contributed by atoms with van der Waals surface area (Å²) in [6.07, 6.45) is 6.41. The standard InChI is InChI=1S/C17H20N4O2/c1-23-15-8-4-3-7-13(15)20-16-12-18-14(11-19-16)17(22)21-9-5-2-6-10-21/h3-4,7-8,11-12H,2,5-6,9-10H2,1H3,(H,19,20). The van der Waals surface area contributed by atoms with E-state index in [0.29, 0.717) is 11.5 Å². The van der Waals surface area contributed by atoms with Crippen LogP contribution in [-0.4, -0.2) is 41.0 Å². The lowest BCUT2D eigenvalue weighted by atomic mass is 10.1. The molecule has 6 heteroatoms. The fourth-order valence-electron chi connectivity index (χ4n) is 2.65. The molecular weight excluding hydrogens is 292 g/mol. The van der Waals surface area contributed by atoms with Crippen molar-refractivity contribution in [3.63, 3.8) is 0 Å². The van der Waals surface area contributed by atoms with Crippen LogP contribution in [0.4, 0.5) is 11.5 Å². The molecule has 1 aromatic carbocycles. The van der Waals surface area contributed by atoms with E-state index in [1.807, 2.05) is 29.2 Å². The molecule has 23 heavy (non-hydrogen) atoms. The Labute approximate surface area is 135 Å². The summed E-state index contributed by atoms with van der Waals surface area (Å²) in [5, 5.41) is 3.15. The van der Waals surface area contributed by atoms with Gasteiger partial charge < -0.3 is 15.0 Å². The number of amides is 1. The largest absolute Gasteiger partial charge is 0.495 e. The van der Waals surface area contributed by atoms with Crippen molar-refractivity contribution in [1.82, 2.24) is 14.9 Å². The monoisotopic (exact) mass is 312 g/mol. The highest BCUT2D eigenvalue weighted by molar-refractivity contribution is 5.92. The van der Waals surface area contributed by atoms with Crippen LogP contribution >= 0.6 is 0 Å². The number of rotatable bonds is 4. The molecule has 1 amide bonds. The van der Waals surface area contributed by atoms with E-state index in [-0.39, 0.29) is 5.91 Å². The zero-order valence-corrected chi connectivity index (χ0v) is 13.2. The Balaban J connectivity index is 1.70. The second-order valence-electron chi connectivity index (χ2n) is 5.47. The zero-order valence-electron chi connectivity index (χ0n) is 13.2. The molecule has 1 saturated heterocycles. The van der Waals surface area contributed by atoms with E-state index in [9.17, 15) is 4.79 Å². The van der Waals surface area contributed by atoms with Gasteiger partial charge in [0.15, 0.2) is 0 Å². The number of carbonyl (C=O) groups is 1. The van der Waals surface area contributed by atoms with E-state index < -0.39 is 0 Å². The molecule has 1 N–H and O–H groups in total. The van der Waals surface area contributed by atoms with Crippen molar-refractivity contribution in [2.75, 3.05) is 25.5 Å². The fourth-order valence-corrected chi connectivity index (χ4v) is 2.65. The molecular formula is C17H20N4O2. The van der Waals surface area contributed by atoms with E-state index >= 15 is 0 Å². The lowest BCUT2D eigenvalue weighted by molar-refractivity contribution is 0.0718. The molecule has 1 aliphatic heterocycles. The summed E-state index contributed by atoms with van der Waals surface area (Å²) in [5.41, 5.74) is 1.19. The lowest BCUT2D eigenvalue weighted by Gasteiger charge is -2.26. The fraction of sp³-hybridized carbons (Fsp3) is 0.353. The highest BCUT2D eigenvalue weighted by Crippen LogP contribution is 2.25. The first kappa shape index (κ1) is 15.3. The Morgan fingerprint density at radius 3 is 2.61 bits per heavy atom. The van der Waals surface area contributed by atoms with E-state index in [1.165, 1.54) is 12.6 Å². The van der Waals surface area contributed by atoms with Crippen molar-refractivity contribution < 1.29 is 9.53 Å². The Hall–Kier alpha value is -2.63. The first-order valence-corrected chi connectivity index (χ1v) is 7.79. The van der Waals surface area contributed by atoms with Crippen LogP contribution in [-0.2, 0) is 0 Å². The molecule has 0 spiro atoms. The number of anilines is 2. The van der Waals surface area contributed by atoms with Gasteiger partial charge in [-0.25, -0.2) is 9.97 Å². The topological polar surface area (TPSA) is 67.3 Å². The molecule has 120 valence electrons. The van der Waals surface area contributed by atoms with Gasteiger partial charge in [0.05, 0.1) is 25.2 Å². The first-order chi connectivity index (χ1) is 11.3. The van der Waals surface area contributed by atoms with Crippen LogP contribution in [0.3, 0.4) is 0 Å². The minimum absolute atomic E-state index is 0.0407. The summed E-state index contributed by atoms with van der Waals surface area (Å²) in [6.45, 7) is 1.61. The summed E-state index contributed by atoms with van der Waals surface area (Å²) in [6, 6.07) is 7.57. The Morgan fingerprint density at radius 1 is 1.13 bits per heavy atom. The van der Waals surface area contributed by atoms with Gasteiger partial charge in [0.1, 0.15) is 17.3 Å². The maximum absolute atomic E-state index is 12.4. The number of carbonyl (C=O) groups excluding carboxylic acids is 1. The molecule has 0 aliphatic carbocycles. The number of benzene rings is 1. The summed E-state index contributed by atoms with van der Waals surface area (Å²) in [7, 11) is 1.62. The van der Waals surface area contributed by atoms with Crippen molar-refractivity contribution in [3.05, 3.63) is 42.4 Å². The quantitative estimate of drug-likeness (QED) is 0.940. The highest BCUT2D eigenvalue weighted by atomic mass is 16.5. The van der Waals surface area contributed by atoms with Crippen molar-refractivity contribution >= 4 is 17.4 Å². The molecule has 1 fully saturated rings. The summed E-state index contributed by atoms with van der Waals surface area (Å²) in [4.78, 5) is 22.7. The van der Waals surface area contributed by atoms with E-state index in [0.717, 1.165) is 37.4 Å². The number of nitrogens with one attached hydrogen (secondary N) is 1. The van der Waals surface area contributed by atoms with Crippen molar-refractivity contribution in [2.45, 2.75) is 19.3 Å². The van der Waals surface area contributed by atoms with Gasteiger partial charge in [-0.1, -0.05) is 12.1 Å². The number of hydrogen-bond acceptors (Lipinski definition) is 5. The van der Waals surface area contributed by atoms with Gasteiger partial charge in [0.2, 0.25) is 0 Å². The molecule has 0 bridgehead atoms. The van der Waals surface area contributed by atoms with Crippen LogP contribution in [0.2, 0.25) is 0 Å². The highest BCUT2D eigenvalue weighted by Gasteiger charge is 2.19. The Kier molecular flexibility index (Phi) is 4.71. The minimum atomic E-state index is -0.0407. The predicted octanol–water partition coefficient (Wildman–Crippen LogP) is 2.85. The smallest absolute Gasteiger partial charge is 0.274 e. The van der Waals surface area contributed by atoms with Gasteiger partial charge in [-0.05, 0) is 31.4 Å². The number of piperidine rings is 1. The normalized spacial score (nSPS) is 14.4. The van der Waals surface area contributed by atoms with Crippen molar-refractivity contribution in [3.8, 4) is 5.75 Å². The SMILES string of the molecule is COc1ccccc1Nc1cnc(C(=O)N2CCCCC2)cn1. The average molecular weight is 312 g/mol. The van der Waals surface area contributed by atoms with Gasteiger partial charge in [0.25, 0.3) is 5.91 Å². The molecule has 0 radical (unpaired) electrons. The van der Waals surface area contributed by atoms with Crippen LogP contribution in [0, 0.1) is 0 Å². The van der Waals surface area contributed by atoms with Gasteiger partial charge in [0, 0.05) is 13.1 Å². The maximum Gasteiger partial charge on any atom is 0.274 e. The number of nitrogens with zero attached hydrogens (tertiary/aromatic N) is 3. The molecule has 0 unspecified atom stereocenters. The van der Waals surface area contributed by atoms with Crippen molar-refractivity contribution in [2.24, 2.45) is 0 Å². The van der Waals surface area contributed by atoms with Crippen LogP contribution in [0.1, 0.15) is 29.8 Å². The molecule has 1 aromatic heterocycles. The maximum atomic E-state index is 12.4. The van der Waals surface area contributed by atoms with E-state index in [1.54, 1.807) is 13.3 Å². The number of para-hydroxylation sites is 2. The Bertz CT molecular complexity index is 667. The Morgan fingerprint density at radius 2 is 1.91 bits per heavy atom. The van der Waals surface area contributed by atoms with Crippen LogP contribution in [0.15, 0.2) is 36.7 Å². The second-order valence-corrected chi connectivity index (χ2v) is 5.47. The minimum Gasteiger partial charge on any atom is -0.495 e. The summed E-state index contributed by atoms with van der Waals surface area (Å²) in [5.74, 6) is 1.26. The van der Waals surface area contributed by atoms with Crippen LogP contribution < -0.4 is 10.1 Å². The molecule has 6 nitrogen and oxygen atoms in total. The zero-order chi connectivity index (χ0) is 16.1. The number of aromatic nitrogens is 2. The summed E-state index contributed by atoms with van der Waals surface area (Å²) >= 11 is 0. The predicted molar refractivity (Wildman–Crippen MR) is 88.1 cm³/mol. The molecule has 0 saturated carbocycles. The number of ether oxygens (including phenoxy) is 1.